The molecule has 0 spiro atoms. The lowest BCUT2D eigenvalue weighted by Crippen LogP contribution is -2.06. The van der Waals surface area contributed by atoms with Crippen molar-refractivity contribution in [3.63, 3.8) is 0 Å². The van der Waals surface area contributed by atoms with E-state index in [9.17, 15) is 18.3 Å². The average molecular weight is 349 g/mol. The lowest BCUT2D eigenvalue weighted by molar-refractivity contribution is 0.151. The van der Waals surface area contributed by atoms with Crippen LogP contribution in [0.15, 0.2) is 35.5 Å². The van der Waals surface area contributed by atoms with Gasteiger partial charge in [-0.1, -0.05) is 12.1 Å². The number of hydrogen-bond donors (Lipinski definition) is 2. The predicted octanol–water partition coefficient (Wildman–Crippen LogP) is 3.33. The van der Waals surface area contributed by atoms with Gasteiger partial charge < -0.3 is 4.98 Å². The molecule has 0 saturated carbocycles. The van der Waals surface area contributed by atoms with Crippen LogP contribution in [0, 0.1) is 11.3 Å². The van der Waals surface area contributed by atoms with Crippen LogP contribution in [-0.4, -0.2) is 19.0 Å². The first-order valence-electron chi connectivity index (χ1n) is 7.08. The molecule has 3 aromatic rings. The van der Waals surface area contributed by atoms with E-state index in [2.05, 4.69) is 14.8 Å². The highest BCUT2D eigenvalue weighted by Crippen LogP contribution is 2.27. The summed E-state index contributed by atoms with van der Waals surface area (Å²) in [5.41, 5.74) is 1.01. The maximum absolute atomic E-state index is 12.7. The standard InChI is InChI=1S/C15H13F2N5OS/c1-2-22-13(6-18)12(7-20-22)21-24(23)14-8-19-11-5-9(15(16)17)3-4-10(11)14/h3-5,7-8,15,19,21H,2H2,1H3. The van der Waals surface area contributed by atoms with Crippen molar-refractivity contribution >= 4 is 27.6 Å². The van der Waals surface area contributed by atoms with Gasteiger partial charge in [0.15, 0.2) is 16.7 Å². The number of hydrogen-bond acceptors (Lipinski definition) is 3. The normalized spacial score (nSPS) is 12.5. The summed E-state index contributed by atoms with van der Waals surface area (Å²) in [4.78, 5) is 3.26. The van der Waals surface area contributed by atoms with E-state index in [-0.39, 0.29) is 11.3 Å². The molecule has 2 N–H and O–H groups in total. The topological polar surface area (TPSA) is 86.5 Å². The molecule has 0 aliphatic carbocycles. The minimum absolute atomic E-state index is 0.106. The molecule has 3 rings (SSSR count). The fraction of sp³-hybridized carbons (Fsp3) is 0.200. The fourth-order valence-electron chi connectivity index (χ4n) is 2.38. The van der Waals surface area contributed by atoms with Gasteiger partial charge in [0, 0.05) is 29.2 Å². The number of rotatable bonds is 5. The lowest BCUT2D eigenvalue weighted by atomic mass is 10.2. The molecule has 2 heterocycles. The molecule has 24 heavy (non-hydrogen) atoms. The van der Waals surface area contributed by atoms with Crippen LogP contribution in [0.1, 0.15) is 24.6 Å². The quantitative estimate of drug-likeness (QED) is 0.741. The van der Waals surface area contributed by atoms with Crippen LogP contribution < -0.4 is 4.72 Å². The summed E-state index contributed by atoms with van der Waals surface area (Å²) < 4.78 is 42.3. The Hall–Kier alpha value is -2.73. The van der Waals surface area contributed by atoms with Gasteiger partial charge in [-0.3, -0.25) is 9.40 Å². The summed E-state index contributed by atoms with van der Waals surface area (Å²) in [6, 6.07) is 6.15. The Balaban J connectivity index is 1.92. The molecule has 2 aromatic heterocycles. The Morgan fingerprint density at radius 3 is 2.96 bits per heavy atom. The molecule has 1 atom stereocenters. The second-order valence-electron chi connectivity index (χ2n) is 4.96. The summed E-state index contributed by atoms with van der Waals surface area (Å²) >= 11 is 0. The molecule has 6 nitrogen and oxygen atoms in total. The molecule has 124 valence electrons. The van der Waals surface area contributed by atoms with Gasteiger partial charge in [-0.25, -0.2) is 13.0 Å². The van der Waals surface area contributed by atoms with E-state index in [1.54, 1.807) is 0 Å². The van der Waals surface area contributed by atoms with Crippen molar-refractivity contribution in [2.24, 2.45) is 0 Å². The third-order valence-electron chi connectivity index (χ3n) is 3.57. The van der Waals surface area contributed by atoms with Gasteiger partial charge >= 0.3 is 0 Å². The number of aryl methyl sites for hydroxylation is 1. The van der Waals surface area contributed by atoms with Crippen LogP contribution in [0.2, 0.25) is 0 Å². The van der Waals surface area contributed by atoms with E-state index in [1.165, 1.54) is 35.3 Å². The third kappa shape index (κ3) is 2.76. The van der Waals surface area contributed by atoms with E-state index < -0.39 is 17.4 Å². The van der Waals surface area contributed by atoms with Crippen molar-refractivity contribution in [3.05, 3.63) is 41.9 Å². The number of H-pyrrole nitrogens is 1. The molecule has 9 heteroatoms. The minimum atomic E-state index is -2.57. The molecule has 0 radical (unpaired) electrons. The first kappa shape index (κ1) is 16.1. The van der Waals surface area contributed by atoms with Crippen molar-refractivity contribution in [1.82, 2.24) is 14.8 Å². The number of halogens is 2. The summed E-state index contributed by atoms with van der Waals surface area (Å²) in [5, 5.41) is 13.8. The van der Waals surface area contributed by atoms with Gasteiger partial charge in [-0.05, 0) is 13.0 Å². The average Bonchev–Trinajstić information content (AvgIpc) is 3.17. The maximum Gasteiger partial charge on any atom is 0.263 e. The zero-order valence-electron chi connectivity index (χ0n) is 12.6. The molecule has 0 saturated heterocycles. The Labute approximate surface area is 138 Å². The van der Waals surface area contributed by atoms with Gasteiger partial charge in [0.1, 0.15) is 11.8 Å². The molecule has 1 aromatic carbocycles. The van der Waals surface area contributed by atoms with E-state index in [0.717, 1.165) is 0 Å². The minimum Gasteiger partial charge on any atom is -0.360 e. The zero-order chi connectivity index (χ0) is 17.3. The van der Waals surface area contributed by atoms with Crippen molar-refractivity contribution in [2.75, 3.05) is 4.72 Å². The van der Waals surface area contributed by atoms with Gasteiger partial charge in [0.05, 0.1) is 11.1 Å². The Bertz CT molecular complexity index is 957. The summed E-state index contributed by atoms with van der Waals surface area (Å²) in [5.74, 6) is 0. The van der Waals surface area contributed by atoms with Crippen LogP contribution in [0.25, 0.3) is 10.9 Å². The van der Waals surface area contributed by atoms with Crippen molar-refractivity contribution in [1.29, 1.82) is 5.26 Å². The van der Waals surface area contributed by atoms with Crippen LogP contribution in [0.3, 0.4) is 0 Å². The second-order valence-corrected chi connectivity index (χ2v) is 6.15. The number of nitrogens with zero attached hydrogens (tertiary/aromatic N) is 3. The van der Waals surface area contributed by atoms with Crippen LogP contribution in [0.5, 0.6) is 0 Å². The number of aromatic nitrogens is 3. The third-order valence-corrected chi connectivity index (χ3v) is 4.71. The monoisotopic (exact) mass is 349 g/mol. The van der Waals surface area contributed by atoms with Crippen molar-refractivity contribution in [3.8, 4) is 6.07 Å². The molecule has 0 fully saturated rings. The Kier molecular flexibility index (Phi) is 4.31. The number of fused-ring (bicyclic) bond motifs is 1. The smallest absolute Gasteiger partial charge is 0.263 e. The van der Waals surface area contributed by atoms with Gasteiger partial charge in [0.2, 0.25) is 0 Å². The molecular weight excluding hydrogens is 336 g/mol. The highest BCUT2D eigenvalue weighted by molar-refractivity contribution is 7.86. The van der Waals surface area contributed by atoms with Crippen LogP contribution in [0.4, 0.5) is 14.5 Å². The first-order valence-corrected chi connectivity index (χ1v) is 8.23. The molecule has 1 unspecified atom stereocenters. The molecule has 0 bridgehead atoms. The molecule has 0 aliphatic heterocycles. The largest absolute Gasteiger partial charge is 0.360 e. The molecule has 0 aliphatic rings. The van der Waals surface area contributed by atoms with E-state index in [1.807, 2.05) is 13.0 Å². The number of nitriles is 1. The SMILES string of the molecule is CCn1ncc(NS(=O)c2c[nH]c3cc(C(F)F)ccc23)c1C#N. The Morgan fingerprint density at radius 2 is 2.29 bits per heavy atom. The zero-order valence-corrected chi connectivity index (χ0v) is 13.4. The summed E-state index contributed by atoms with van der Waals surface area (Å²) in [6.45, 7) is 2.36. The van der Waals surface area contributed by atoms with E-state index in [0.29, 0.717) is 28.0 Å². The predicted molar refractivity (Wildman–Crippen MR) is 85.9 cm³/mol. The van der Waals surface area contributed by atoms with Crippen molar-refractivity contribution in [2.45, 2.75) is 24.8 Å². The summed E-state index contributed by atoms with van der Waals surface area (Å²) in [7, 11) is -1.67. The number of nitrogens with one attached hydrogen (secondary N) is 2. The summed E-state index contributed by atoms with van der Waals surface area (Å²) in [6.07, 6.45) is 0.367. The number of alkyl halides is 2. The number of aromatic amines is 1. The second kappa shape index (κ2) is 6.41. The van der Waals surface area contributed by atoms with Crippen LogP contribution >= 0.6 is 0 Å². The number of anilines is 1. The maximum atomic E-state index is 12.7. The fourth-order valence-corrected chi connectivity index (χ4v) is 3.38. The highest BCUT2D eigenvalue weighted by Gasteiger charge is 2.16. The van der Waals surface area contributed by atoms with E-state index in [4.69, 9.17) is 0 Å². The highest BCUT2D eigenvalue weighted by atomic mass is 32.2. The van der Waals surface area contributed by atoms with Gasteiger partial charge in [-0.15, -0.1) is 0 Å². The van der Waals surface area contributed by atoms with Gasteiger partial charge in [-0.2, -0.15) is 10.4 Å². The number of benzene rings is 1. The lowest BCUT2D eigenvalue weighted by Gasteiger charge is -2.04. The van der Waals surface area contributed by atoms with E-state index >= 15 is 0 Å². The van der Waals surface area contributed by atoms with Gasteiger partial charge in [0.25, 0.3) is 6.43 Å². The molecular formula is C15H13F2N5OS. The molecule has 0 amide bonds. The first-order chi connectivity index (χ1) is 11.5. The van der Waals surface area contributed by atoms with Crippen LogP contribution in [-0.2, 0) is 17.5 Å². The van der Waals surface area contributed by atoms with Crippen molar-refractivity contribution < 1.29 is 13.0 Å². The Morgan fingerprint density at radius 1 is 1.50 bits per heavy atom.